The fourth-order valence-electron chi connectivity index (χ4n) is 1.14. The minimum Gasteiger partial charge on any atom is -0.469 e. The quantitative estimate of drug-likeness (QED) is 0.425. The highest BCUT2D eigenvalue weighted by molar-refractivity contribution is 6.05. The van der Waals surface area contributed by atoms with Crippen molar-refractivity contribution in [3.8, 4) is 0 Å². The third-order valence-electron chi connectivity index (χ3n) is 2.06. The summed E-state index contributed by atoms with van der Waals surface area (Å²) in [5.74, 6) is -0.786. The maximum atomic E-state index is 11.5. The molecule has 0 radical (unpaired) electrons. The number of nitrogens with zero attached hydrogens (tertiary/aromatic N) is 1. The second-order valence-electron chi connectivity index (χ2n) is 3.11. The summed E-state index contributed by atoms with van der Waals surface area (Å²) in [5, 5.41) is 0. The van der Waals surface area contributed by atoms with E-state index < -0.39 is 5.97 Å². The first kappa shape index (κ1) is 11.4. The Morgan fingerprint density at radius 1 is 1.40 bits per heavy atom. The number of rotatable bonds is 4. The zero-order valence-corrected chi connectivity index (χ0v) is 8.82. The molecule has 4 heteroatoms. The minimum atomic E-state index is -0.526. The molecule has 0 atom stereocenters. The molecule has 80 valence electrons. The number of carbonyl (C=O) groups is 2. The van der Waals surface area contributed by atoms with Gasteiger partial charge in [-0.1, -0.05) is 6.92 Å². The Bertz CT molecular complexity index is 374. The number of ether oxygens (including phenoxy) is 1. The summed E-state index contributed by atoms with van der Waals surface area (Å²) < 4.78 is 4.42. The lowest BCUT2D eigenvalue weighted by Crippen LogP contribution is -2.10. The molecule has 0 aliphatic heterocycles. The monoisotopic (exact) mass is 207 g/mol. The van der Waals surface area contributed by atoms with Crippen molar-refractivity contribution in [3.63, 3.8) is 0 Å². The van der Waals surface area contributed by atoms with E-state index in [2.05, 4.69) is 9.72 Å². The smallest absolute Gasteiger partial charge is 0.313 e. The van der Waals surface area contributed by atoms with Gasteiger partial charge in [-0.15, -0.1) is 0 Å². The number of methoxy groups -OCH3 is 1. The van der Waals surface area contributed by atoms with E-state index in [1.165, 1.54) is 13.3 Å². The first-order chi connectivity index (χ1) is 7.17. The molecule has 0 amide bonds. The van der Waals surface area contributed by atoms with E-state index in [1.807, 2.05) is 6.92 Å². The van der Waals surface area contributed by atoms with E-state index in [4.69, 9.17) is 0 Å². The molecule has 0 spiro atoms. The van der Waals surface area contributed by atoms with Crippen LogP contribution in [0.3, 0.4) is 0 Å². The number of hydrogen-bond acceptors (Lipinski definition) is 4. The van der Waals surface area contributed by atoms with Gasteiger partial charge in [-0.3, -0.25) is 14.6 Å². The van der Waals surface area contributed by atoms with E-state index in [9.17, 15) is 9.59 Å². The Balaban J connectivity index is 2.77. The molecule has 15 heavy (non-hydrogen) atoms. The molecule has 0 aromatic carbocycles. The summed E-state index contributed by atoms with van der Waals surface area (Å²) in [4.78, 5) is 26.4. The van der Waals surface area contributed by atoms with E-state index in [0.29, 0.717) is 5.56 Å². The third-order valence-corrected chi connectivity index (χ3v) is 2.06. The molecule has 1 rings (SSSR count). The van der Waals surface area contributed by atoms with Crippen molar-refractivity contribution >= 4 is 11.8 Å². The van der Waals surface area contributed by atoms with Gasteiger partial charge in [0.15, 0.2) is 5.78 Å². The van der Waals surface area contributed by atoms with Gasteiger partial charge >= 0.3 is 5.97 Å². The van der Waals surface area contributed by atoms with Crippen LogP contribution in [0.5, 0.6) is 0 Å². The standard InChI is InChI=1S/C11H13NO3/c1-3-8-4-9(7-12-6-8)10(13)5-11(14)15-2/h4,6-7H,3,5H2,1-2H3. The topological polar surface area (TPSA) is 56.3 Å². The summed E-state index contributed by atoms with van der Waals surface area (Å²) in [5.41, 5.74) is 1.44. The van der Waals surface area contributed by atoms with Crippen LogP contribution in [0.4, 0.5) is 0 Å². The number of hydrogen-bond donors (Lipinski definition) is 0. The molecule has 0 saturated heterocycles. The number of Topliss-reactive ketones (excluding diaryl/α,β-unsaturated/α-hetero) is 1. The molecule has 1 aromatic rings. The van der Waals surface area contributed by atoms with Crippen LogP contribution in [-0.2, 0) is 16.0 Å². The first-order valence-electron chi connectivity index (χ1n) is 4.71. The minimum absolute atomic E-state index is 0.231. The second-order valence-corrected chi connectivity index (χ2v) is 3.11. The zero-order valence-electron chi connectivity index (χ0n) is 8.82. The lowest BCUT2D eigenvalue weighted by Gasteiger charge is -2.01. The molecule has 0 saturated carbocycles. The zero-order chi connectivity index (χ0) is 11.3. The lowest BCUT2D eigenvalue weighted by molar-refractivity contribution is -0.139. The van der Waals surface area contributed by atoms with Crippen molar-refractivity contribution in [2.24, 2.45) is 0 Å². The van der Waals surface area contributed by atoms with Crippen molar-refractivity contribution in [1.82, 2.24) is 4.98 Å². The molecule has 0 aliphatic carbocycles. The molecular formula is C11H13NO3. The van der Waals surface area contributed by atoms with E-state index in [1.54, 1.807) is 12.3 Å². The van der Waals surface area contributed by atoms with Crippen molar-refractivity contribution in [2.45, 2.75) is 19.8 Å². The van der Waals surface area contributed by atoms with Crippen LogP contribution in [0.25, 0.3) is 0 Å². The molecular weight excluding hydrogens is 194 g/mol. The number of carbonyl (C=O) groups excluding carboxylic acids is 2. The number of esters is 1. The normalized spacial score (nSPS) is 9.73. The van der Waals surface area contributed by atoms with Crippen molar-refractivity contribution in [2.75, 3.05) is 7.11 Å². The lowest BCUT2D eigenvalue weighted by atomic mass is 10.1. The van der Waals surface area contributed by atoms with Crippen LogP contribution in [0.2, 0.25) is 0 Å². The third kappa shape index (κ3) is 3.16. The van der Waals surface area contributed by atoms with Gasteiger partial charge in [0.05, 0.1) is 7.11 Å². The number of aryl methyl sites for hydroxylation is 1. The Morgan fingerprint density at radius 3 is 2.73 bits per heavy atom. The van der Waals surface area contributed by atoms with Gasteiger partial charge < -0.3 is 4.74 Å². The van der Waals surface area contributed by atoms with E-state index >= 15 is 0 Å². The van der Waals surface area contributed by atoms with Gasteiger partial charge in [0.2, 0.25) is 0 Å². The van der Waals surface area contributed by atoms with Gasteiger partial charge in [0.1, 0.15) is 6.42 Å². The number of aromatic nitrogens is 1. The summed E-state index contributed by atoms with van der Waals surface area (Å²) in [6.45, 7) is 1.98. The van der Waals surface area contributed by atoms with E-state index in [-0.39, 0.29) is 12.2 Å². The van der Waals surface area contributed by atoms with Crippen LogP contribution in [-0.4, -0.2) is 23.8 Å². The van der Waals surface area contributed by atoms with Crippen LogP contribution >= 0.6 is 0 Å². The Hall–Kier alpha value is -1.71. The fourth-order valence-corrected chi connectivity index (χ4v) is 1.14. The maximum absolute atomic E-state index is 11.5. The maximum Gasteiger partial charge on any atom is 0.313 e. The van der Waals surface area contributed by atoms with Crippen molar-refractivity contribution < 1.29 is 14.3 Å². The van der Waals surface area contributed by atoms with Crippen LogP contribution in [0, 0.1) is 0 Å². The van der Waals surface area contributed by atoms with Crippen LogP contribution < -0.4 is 0 Å². The van der Waals surface area contributed by atoms with Crippen molar-refractivity contribution in [3.05, 3.63) is 29.6 Å². The van der Waals surface area contributed by atoms with Crippen molar-refractivity contribution in [1.29, 1.82) is 0 Å². The van der Waals surface area contributed by atoms with Gasteiger partial charge in [0.25, 0.3) is 0 Å². The Kier molecular flexibility index (Phi) is 3.97. The Labute approximate surface area is 88.3 Å². The average Bonchev–Trinajstić information content (AvgIpc) is 2.28. The number of pyridine rings is 1. The molecule has 0 N–H and O–H groups in total. The summed E-state index contributed by atoms with van der Waals surface area (Å²) >= 11 is 0. The predicted molar refractivity (Wildman–Crippen MR) is 54.6 cm³/mol. The average molecular weight is 207 g/mol. The number of ketones is 1. The van der Waals surface area contributed by atoms with Crippen LogP contribution in [0.15, 0.2) is 18.5 Å². The van der Waals surface area contributed by atoms with Gasteiger partial charge in [-0.25, -0.2) is 0 Å². The summed E-state index contributed by atoms with van der Waals surface area (Å²) in [7, 11) is 1.26. The highest BCUT2D eigenvalue weighted by Crippen LogP contribution is 2.06. The molecule has 0 unspecified atom stereocenters. The summed E-state index contributed by atoms with van der Waals surface area (Å²) in [6.07, 6.45) is 3.75. The molecule has 0 bridgehead atoms. The second kappa shape index (κ2) is 5.24. The fraction of sp³-hybridized carbons (Fsp3) is 0.364. The molecule has 0 aliphatic rings. The van der Waals surface area contributed by atoms with Gasteiger partial charge in [0, 0.05) is 18.0 Å². The van der Waals surface area contributed by atoms with Crippen LogP contribution in [0.1, 0.15) is 29.3 Å². The SMILES string of the molecule is CCc1cncc(C(=O)CC(=O)OC)c1. The van der Waals surface area contributed by atoms with E-state index in [0.717, 1.165) is 12.0 Å². The molecule has 4 nitrogen and oxygen atoms in total. The predicted octanol–water partition coefficient (Wildman–Crippen LogP) is 1.39. The highest BCUT2D eigenvalue weighted by Gasteiger charge is 2.12. The first-order valence-corrected chi connectivity index (χ1v) is 4.71. The molecule has 0 fully saturated rings. The highest BCUT2D eigenvalue weighted by atomic mass is 16.5. The molecule has 1 aromatic heterocycles. The Morgan fingerprint density at radius 2 is 2.13 bits per heavy atom. The van der Waals surface area contributed by atoms with Gasteiger partial charge in [-0.05, 0) is 18.1 Å². The summed E-state index contributed by atoms with van der Waals surface area (Å²) in [6, 6.07) is 1.75. The van der Waals surface area contributed by atoms with Gasteiger partial charge in [-0.2, -0.15) is 0 Å². The molecule has 1 heterocycles. The largest absolute Gasteiger partial charge is 0.469 e.